The molecule has 1 N–H and O–H groups in total. The summed E-state index contributed by atoms with van der Waals surface area (Å²) in [4.78, 5) is 14.8. The molecule has 0 radical (unpaired) electrons. The molecule has 2 aliphatic rings. The molecule has 3 rings (SSSR count). The Morgan fingerprint density at radius 1 is 1.21 bits per heavy atom. The standard InChI is InChI=1S/C18H26N2O3.ClH/c1-12(2)23-16-7-4-13(10-17(16)22-3)18(21)20-9-8-14-5-6-15(11-20)19-14;/h4,7,10,12,14-15,19H,5-6,8-9,11H2,1-3H3;1H. The van der Waals surface area contributed by atoms with Crippen molar-refractivity contribution in [2.45, 2.75) is 51.3 Å². The summed E-state index contributed by atoms with van der Waals surface area (Å²) in [7, 11) is 1.60. The zero-order valence-corrected chi connectivity index (χ0v) is 15.4. The minimum atomic E-state index is 0. The van der Waals surface area contributed by atoms with Gasteiger partial charge in [0, 0.05) is 30.7 Å². The molecule has 0 aliphatic carbocycles. The fraction of sp³-hybridized carbons (Fsp3) is 0.611. The van der Waals surface area contributed by atoms with Crippen molar-refractivity contribution in [3.05, 3.63) is 23.8 Å². The Hall–Kier alpha value is -1.46. The molecule has 2 unspecified atom stereocenters. The number of halogens is 1. The van der Waals surface area contributed by atoms with Gasteiger partial charge in [-0.05, 0) is 51.3 Å². The van der Waals surface area contributed by atoms with E-state index in [0.29, 0.717) is 29.1 Å². The number of methoxy groups -OCH3 is 1. The van der Waals surface area contributed by atoms with Crippen molar-refractivity contribution in [1.29, 1.82) is 0 Å². The number of hydrogen-bond acceptors (Lipinski definition) is 4. The molecule has 1 amide bonds. The van der Waals surface area contributed by atoms with Crippen LogP contribution in [0.5, 0.6) is 11.5 Å². The number of nitrogens with one attached hydrogen (secondary N) is 1. The van der Waals surface area contributed by atoms with Gasteiger partial charge in [-0.3, -0.25) is 4.79 Å². The van der Waals surface area contributed by atoms with Crippen LogP contribution in [0.4, 0.5) is 0 Å². The van der Waals surface area contributed by atoms with Crippen molar-refractivity contribution in [3.63, 3.8) is 0 Å². The number of amides is 1. The number of hydrogen-bond donors (Lipinski definition) is 1. The zero-order chi connectivity index (χ0) is 16.4. The molecular formula is C18H27ClN2O3. The van der Waals surface area contributed by atoms with Crippen LogP contribution in [-0.2, 0) is 0 Å². The summed E-state index contributed by atoms with van der Waals surface area (Å²) >= 11 is 0. The van der Waals surface area contributed by atoms with Crippen molar-refractivity contribution in [2.75, 3.05) is 20.2 Å². The summed E-state index contributed by atoms with van der Waals surface area (Å²) in [6.07, 6.45) is 3.51. The Balaban J connectivity index is 0.00000208. The number of carbonyl (C=O) groups excluding carboxylic acids is 1. The van der Waals surface area contributed by atoms with E-state index in [2.05, 4.69) is 5.32 Å². The number of likely N-dealkylation sites (tertiary alicyclic amines) is 1. The molecule has 2 bridgehead atoms. The molecule has 6 heteroatoms. The van der Waals surface area contributed by atoms with Gasteiger partial charge in [0.1, 0.15) is 0 Å². The molecule has 1 aromatic carbocycles. The van der Waals surface area contributed by atoms with Gasteiger partial charge in [0.05, 0.1) is 13.2 Å². The van der Waals surface area contributed by atoms with E-state index in [9.17, 15) is 4.79 Å². The Morgan fingerprint density at radius 2 is 1.96 bits per heavy atom. The van der Waals surface area contributed by atoms with E-state index in [1.165, 1.54) is 12.8 Å². The van der Waals surface area contributed by atoms with Crippen LogP contribution in [0.15, 0.2) is 18.2 Å². The summed E-state index contributed by atoms with van der Waals surface area (Å²) < 4.78 is 11.1. The third-order valence-corrected chi connectivity index (χ3v) is 4.58. The van der Waals surface area contributed by atoms with E-state index in [1.807, 2.05) is 30.9 Å². The maximum atomic E-state index is 12.8. The van der Waals surface area contributed by atoms with Crippen molar-refractivity contribution in [2.24, 2.45) is 0 Å². The quantitative estimate of drug-likeness (QED) is 0.903. The number of fused-ring (bicyclic) bond motifs is 2. The first-order chi connectivity index (χ1) is 11.1. The number of ether oxygens (including phenoxy) is 2. The van der Waals surface area contributed by atoms with Gasteiger partial charge in [-0.15, -0.1) is 12.4 Å². The fourth-order valence-corrected chi connectivity index (χ4v) is 3.46. The van der Waals surface area contributed by atoms with Gasteiger partial charge in [0.15, 0.2) is 11.5 Å². The second-order valence-corrected chi connectivity index (χ2v) is 6.71. The molecular weight excluding hydrogens is 328 g/mol. The predicted molar refractivity (Wildman–Crippen MR) is 96.5 cm³/mol. The lowest BCUT2D eigenvalue weighted by Crippen LogP contribution is -2.39. The number of benzene rings is 1. The number of carbonyl (C=O) groups is 1. The third-order valence-electron chi connectivity index (χ3n) is 4.58. The van der Waals surface area contributed by atoms with Crippen LogP contribution in [0.1, 0.15) is 43.5 Å². The highest BCUT2D eigenvalue weighted by Gasteiger charge is 2.31. The van der Waals surface area contributed by atoms with Crippen molar-refractivity contribution in [3.8, 4) is 11.5 Å². The highest BCUT2D eigenvalue weighted by Crippen LogP contribution is 2.30. The highest BCUT2D eigenvalue weighted by atomic mass is 35.5. The summed E-state index contributed by atoms with van der Waals surface area (Å²) in [5, 5.41) is 3.60. The second kappa shape index (κ2) is 8.08. The molecule has 5 nitrogen and oxygen atoms in total. The number of rotatable bonds is 4. The minimum absolute atomic E-state index is 0. The first-order valence-electron chi connectivity index (χ1n) is 8.47. The minimum Gasteiger partial charge on any atom is -0.493 e. The molecule has 0 spiro atoms. The molecule has 2 atom stereocenters. The van der Waals surface area contributed by atoms with Crippen molar-refractivity contribution < 1.29 is 14.3 Å². The van der Waals surface area contributed by atoms with Gasteiger partial charge in [-0.2, -0.15) is 0 Å². The fourth-order valence-electron chi connectivity index (χ4n) is 3.46. The van der Waals surface area contributed by atoms with E-state index < -0.39 is 0 Å². The third kappa shape index (κ3) is 4.14. The molecule has 24 heavy (non-hydrogen) atoms. The van der Waals surface area contributed by atoms with Crippen LogP contribution in [-0.4, -0.2) is 49.2 Å². The first kappa shape index (κ1) is 18.9. The van der Waals surface area contributed by atoms with Gasteiger partial charge < -0.3 is 19.7 Å². The van der Waals surface area contributed by atoms with E-state index in [-0.39, 0.29) is 24.4 Å². The van der Waals surface area contributed by atoms with Crippen LogP contribution in [0.2, 0.25) is 0 Å². The maximum absolute atomic E-state index is 12.8. The van der Waals surface area contributed by atoms with Crippen LogP contribution in [0.25, 0.3) is 0 Å². The zero-order valence-electron chi connectivity index (χ0n) is 14.6. The first-order valence-corrected chi connectivity index (χ1v) is 8.47. The second-order valence-electron chi connectivity index (χ2n) is 6.71. The Labute approximate surface area is 150 Å². The van der Waals surface area contributed by atoms with Gasteiger partial charge in [-0.25, -0.2) is 0 Å². The van der Waals surface area contributed by atoms with Crippen LogP contribution in [0, 0.1) is 0 Å². The summed E-state index contributed by atoms with van der Waals surface area (Å²) in [5.74, 6) is 1.36. The topological polar surface area (TPSA) is 50.8 Å². The van der Waals surface area contributed by atoms with E-state index in [1.54, 1.807) is 13.2 Å². The summed E-state index contributed by atoms with van der Waals surface area (Å²) in [5.41, 5.74) is 0.663. The average Bonchev–Trinajstić information content (AvgIpc) is 2.85. The molecule has 2 heterocycles. The maximum Gasteiger partial charge on any atom is 0.254 e. The van der Waals surface area contributed by atoms with Gasteiger partial charge in [0.2, 0.25) is 0 Å². The predicted octanol–water partition coefficient (Wildman–Crippen LogP) is 2.87. The monoisotopic (exact) mass is 354 g/mol. The van der Waals surface area contributed by atoms with Gasteiger partial charge in [-0.1, -0.05) is 0 Å². The highest BCUT2D eigenvalue weighted by molar-refractivity contribution is 5.95. The van der Waals surface area contributed by atoms with Gasteiger partial charge in [0.25, 0.3) is 5.91 Å². The van der Waals surface area contributed by atoms with Crippen molar-refractivity contribution in [1.82, 2.24) is 10.2 Å². The summed E-state index contributed by atoms with van der Waals surface area (Å²) in [6.45, 7) is 5.55. The molecule has 2 aliphatic heterocycles. The van der Waals surface area contributed by atoms with Crippen molar-refractivity contribution >= 4 is 18.3 Å². The summed E-state index contributed by atoms with van der Waals surface area (Å²) in [6, 6.07) is 6.47. The Morgan fingerprint density at radius 3 is 2.67 bits per heavy atom. The molecule has 0 saturated carbocycles. The smallest absolute Gasteiger partial charge is 0.254 e. The van der Waals surface area contributed by atoms with Gasteiger partial charge >= 0.3 is 0 Å². The number of nitrogens with zero attached hydrogens (tertiary/aromatic N) is 1. The van der Waals surface area contributed by atoms with Crippen LogP contribution < -0.4 is 14.8 Å². The lowest BCUT2D eigenvalue weighted by atomic mass is 10.1. The van der Waals surface area contributed by atoms with Crippen LogP contribution >= 0.6 is 12.4 Å². The normalized spacial score (nSPS) is 22.8. The molecule has 134 valence electrons. The van der Waals surface area contributed by atoms with Crippen LogP contribution in [0.3, 0.4) is 0 Å². The average molecular weight is 355 g/mol. The molecule has 2 fully saturated rings. The Bertz CT molecular complexity index is 579. The molecule has 0 aromatic heterocycles. The lowest BCUT2D eigenvalue weighted by Gasteiger charge is -2.24. The Kier molecular flexibility index (Phi) is 6.35. The van der Waals surface area contributed by atoms with E-state index in [0.717, 1.165) is 19.5 Å². The lowest BCUT2D eigenvalue weighted by molar-refractivity contribution is 0.0747. The SMILES string of the molecule is COc1cc(C(=O)N2CCC3CCC(C2)N3)ccc1OC(C)C.Cl. The van der Waals surface area contributed by atoms with E-state index in [4.69, 9.17) is 9.47 Å². The molecule has 1 aromatic rings. The largest absolute Gasteiger partial charge is 0.493 e. The van der Waals surface area contributed by atoms with E-state index >= 15 is 0 Å². The molecule has 2 saturated heterocycles.